The van der Waals surface area contributed by atoms with Gasteiger partial charge in [-0.15, -0.1) is 0 Å². The number of ether oxygens (including phenoxy) is 2. The van der Waals surface area contributed by atoms with Crippen LogP contribution in [0.5, 0.6) is 11.5 Å². The Kier molecular flexibility index (Phi) is 4.25. The topological polar surface area (TPSA) is 109 Å². The van der Waals surface area contributed by atoms with E-state index in [0.717, 1.165) is 0 Å². The van der Waals surface area contributed by atoms with Crippen LogP contribution in [0.2, 0.25) is 0 Å². The predicted octanol–water partition coefficient (Wildman–Crippen LogP) is 3.07. The number of carbonyl (C=O) groups is 1. The molecule has 0 unspecified atom stereocenters. The number of rotatable bonds is 4. The Bertz CT molecular complexity index is 1060. The van der Waals surface area contributed by atoms with Crippen LogP contribution < -0.4 is 20.1 Å². The van der Waals surface area contributed by atoms with Gasteiger partial charge in [-0.2, -0.15) is 5.26 Å². The molecule has 0 atom stereocenters. The molecule has 27 heavy (non-hydrogen) atoms. The van der Waals surface area contributed by atoms with Crippen LogP contribution in [-0.2, 0) is 0 Å². The smallest absolute Gasteiger partial charge is 0.274 e. The Balaban J connectivity index is 1.52. The molecule has 0 saturated heterocycles. The number of benzene rings is 2. The van der Waals surface area contributed by atoms with E-state index in [1.165, 1.54) is 12.3 Å². The third-order valence-corrected chi connectivity index (χ3v) is 3.81. The van der Waals surface area contributed by atoms with E-state index in [9.17, 15) is 4.79 Å². The molecule has 8 nitrogen and oxygen atoms in total. The van der Waals surface area contributed by atoms with Crippen LogP contribution in [0.15, 0.2) is 54.7 Å². The van der Waals surface area contributed by atoms with Crippen LogP contribution in [0.3, 0.4) is 0 Å². The number of hydrogen-bond donors (Lipinski definition) is 2. The van der Waals surface area contributed by atoms with Gasteiger partial charge >= 0.3 is 0 Å². The summed E-state index contributed by atoms with van der Waals surface area (Å²) in [4.78, 5) is 20.8. The van der Waals surface area contributed by atoms with Crippen LogP contribution in [0.25, 0.3) is 0 Å². The van der Waals surface area contributed by atoms with Gasteiger partial charge in [-0.25, -0.2) is 9.97 Å². The number of hydrogen-bond acceptors (Lipinski definition) is 7. The molecule has 0 fully saturated rings. The van der Waals surface area contributed by atoms with Crippen molar-refractivity contribution in [1.29, 1.82) is 5.26 Å². The summed E-state index contributed by atoms with van der Waals surface area (Å²) >= 11 is 0. The molecular formula is C19H13N5O3. The summed E-state index contributed by atoms with van der Waals surface area (Å²) in [6.45, 7) is 0.190. The number of nitrogens with zero attached hydrogens (tertiary/aromatic N) is 3. The maximum Gasteiger partial charge on any atom is 0.274 e. The van der Waals surface area contributed by atoms with Crippen molar-refractivity contribution in [2.45, 2.75) is 0 Å². The zero-order valence-electron chi connectivity index (χ0n) is 14.0. The van der Waals surface area contributed by atoms with E-state index in [1.54, 1.807) is 42.5 Å². The Morgan fingerprint density at radius 2 is 1.96 bits per heavy atom. The monoisotopic (exact) mass is 359 g/mol. The Hall–Kier alpha value is -4.12. The molecule has 132 valence electrons. The van der Waals surface area contributed by atoms with Crippen LogP contribution in [-0.4, -0.2) is 22.7 Å². The molecule has 0 bridgehead atoms. The van der Waals surface area contributed by atoms with Gasteiger partial charge < -0.3 is 20.1 Å². The minimum atomic E-state index is -0.436. The number of nitrogens with one attached hydrogen (secondary N) is 2. The van der Waals surface area contributed by atoms with E-state index in [2.05, 4.69) is 20.6 Å². The Morgan fingerprint density at radius 1 is 1.11 bits per heavy atom. The fourth-order valence-corrected chi connectivity index (χ4v) is 2.52. The third-order valence-electron chi connectivity index (χ3n) is 3.81. The van der Waals surface area contributed by atoms with Crippen molar-refractivity contribution >= 4 is 23.2 Å². The number of aromatic nitrogens is 2. The molecule has 0 aliphatic carbocycles. The molecule has 1 aliphatic heterocycles. The highest BCUT2D eigenvalue weighted by Gasteiger charge is 2.15. The van der Waals surface area contributed by atoms with Crippen molar-refractivity contribution in [3.8, 4) is 17.6 Å². The second-order valence-electron chi connectivity index (χ2n) is 5.57. The van der Waals surface area contributed by atoms with E-state index in [1.807, 2.05) is 6.07 Å². The molecule has 2 N–H and O–H groups in total. The summed E-state index contributed by atoms with van der Waals surface area (Å²) in [5.74, 6) is 1.12. The fourth-order valence-electron chi connectivity index (χ4n) is 2.52. The van der Waals surface area contributed by atoms with Gasteiger partial charge in [-0.1, -0.05) is 12.1 Å². The van der Waals surface area contributed by atoms with Crippen molar-refractivity contribution in [3.05, 3.63) is 66.0 Å². The molecule has 3 aromatic rings. The van der Waals surface area contributed by atoms with Crippen molar-refractivity contribution in [2.75, 3.05) is 17.4 Å². The average molecular weight is 359 g/mol. The van der Waals surface area contributed by atoms with Gasteiger partial charge in [0.2, 0.25) is 12.7 Å². The standard InChI is InChI=1S/C19H13N5O3/c20-10-12-3-1-2-4-14(12)23-18(25)15-7-8-21-19(24-15)22-13-5-6-16-17(9-13)27-11-26-16/h1-9H,11H2,(H,23,25)(H,21,22,24). The Labute approximate surface area is 154 Å². The first-order chi connectivity index (χ1) is 13.2. The van der Waals surface area contributed by atoms with Gasteiger partial charge in [0.1, 0.15) is 11.8 Å². The SMILES string of the molecule is N#Cc1ccccc1NC(=O)c1ccnc(Nc2ccc3c(c2)OCO3)n1. The minimum Gasteiger partial charge on any atom is -0.454 e. The van der Waals surface area contributed by atoms with Gasteiger partial charge in [-0.3, -0.25) is 4.79 Å². The lowest BCUT2D eigenvalue weighted by atomic mass is 10.2. The lowest BCUT2D eigenvalue weighted by molar-refractivity contribution is 0.102. The van der Waals surface area contributed by atoms with Crippen molar-refractivity contribution in [3.63, 3.8) is 0 Å². The highest BCUT2D eigenvalue weighted by atomic mass is 16.7. The minimum absolute atomic E-state index is 0.168. The van der Waals surface area contributed by atoms with E-state index >= 15 is 0 Å². The summed E-state index contributed by atoms with van der Waals surface area (Å²) in [6.07, 6.45) is 1.48. The van der Waals surface area contributed by atoms with Crippen LogP contribution in [0, 0.1) is 11.3 Å². The van der Waals surface area contributed by atoms with Crippen LogP contribution in [0.1, 0.15) is 16.1 Å². The van der Waals surface area contributed by atoms with Gasteiger partial charge in [0.25, 0.3) is 5.91 Å². The van der Waals surface area contributed by atoms with Crippen LogP contribution >= 0.6 is 0 Å². The highest BCUT2D eigenvalue weighted by Crippen LogP contribution is 2.34. The van der Waals surface area contributed by atoms with Gasteiger partial charge in [0.15, 0.2) is 11.5 Å². The first kappa shape index (κ1) is 16.4. The summed E-state index contributed by atoms with van der Waals surface area (Å²) in [6, 6.07) is 15.6. The van der Waals surface area contributed by atoms with Crippen LogP contribution in [0.4, 0.5) is 17.3 Å². The number of fused-ring (bicyclic) bond motifs is 1. The quantitative estimate of drug-likeness (QED) is 0.737. The summed E-state index contributed by atoms with van der Waals surface area (Å²) < 4.78 is 10.6. The zero-order chi connectivity index (χ0) is 18.6. The largest absolute Gasteiger partial charge is 0.454 e. The highest BCUT2D eigenvalue weighted by molar-refractivity contribution is 6.03. The van der Waals surface area contributed by atoms with Crippen molar-refractivity contribution in [2.24, 2.45) is 0 Å². The molecule has 1 aromatic heterocycles. The lowest BCUT2D eigenvalue weighted by Gasteiger charge is -2.08. The number of amides is 1. The normalized spacial score (nSPS) is 11.5. The fraction of sp³-hybridized carbons (Fsp3) is 0.0526. The molecule has 0 spiro atoms. The number of nitriles is 1. The van der Waals surface area contributed by atoms with Crippen molar-refractivity contribution < 1.29 is 14.3 Å². The summed E-state index contributed by atoms with van der Waals surface area (Å²) in [7, 11) is 0. The number of para-hydroxylation sites is 1. The third kappa shape index (κ3) is 3.48. The average Bonchev–Trinajstić information content (AvgIpc) is 3.16. The first-order valence-electron chi connectivity index (χ1n) is 8.03. The number of anilines is 3. The molecule has 1 amide bonds. The molecule has 0 saturated carbocycles. The van der Waals surface area contributed by atoms with E-state index in [0.29, 0.717) is 28.4 Å². The second-order valence-corrected chi connectivity index (χ2v) is 5.57. The first-order valence-corrected chi connectivity index (χ1v) is 8.03. The van der Waals surface area contributed by atoms with E-state index in [-0.39, 0.29) is 18.4 Å². The molecule has 2 aromatic carbocycles. The van der Waals surface area contributed by atoms with Crippen molar-refractivity contribution in [1.82, 2.24) is 9.97 Å². The van der Waals surface area contributed by atoms with Gasteiger partial charge in [0.05, 0.1) is 11.3 Å². The molecular weight excluding hydrogens is 346 g/mol. The molecule has 1 aliphatic rings. The zero-order valence-corrected chi connectivity index (χ0v) is 14.0. The van der Waals surface area contributed by atoms with Gasteiger partial charge in [0, 0.05) is 18.0 Å². The van der Waals surface area contributed by atoms with E-state index < -0.39 is 5.91 Å². The summed E-state index contributed by atoms with van der Waals surface area (Å²) in [5.41, 5.74) is 1.67. The maximum atomic E-state index is 12.5. The molecule has 8 heteroatoms. The second kappa shape index (κ2) is 7.01. The lowest BCUT2D eigenvalue weighted by Crippen LogP contribution is -2.15. The van der Waals surface area contributed by atoms with E-state index in [4.69, 9.17) is 14.7 Å². The summed E-state index contributed by atoms with van der Waals surface area (Å²) in [5, 5.41) is 14.8. The number of carbonyl (C=O) groups excluding carboxylic acids is 1. The molecule has 2 heterocycles. The predicted molar refractivity (Wildman–Crippen MR) is 97.0 cm³/mol. The Morgan fingerprint density at radius 3 is 2.85 bits per heavy atom. The molecule has 4 rings (SSSR count). The molecule has 0 radical (unpaired) electrons. The maximum absolute atomic E-state index is 12.5. The van der Waals surface area contributed by atoms with Gasteiger partial charge in [-0.05, 0) is 30.3 Å².